The first kappa shape index (κ1) is 19.2. The highest BCUT2D eigenvalue weighted by Gasteiger charge is 2.24. The second kappa shape index (κ2) is 8.30. The van der Waals surface area contributed by atoms with Gasteiger partial charge in [0.15, 0.2) is 11.9 Å². The summed E-state index contributed by atoms with van der Waals surface area (Å²) in [5.41, 5.74) is -0.319. The highest BCUT2D eigenvalue weighted by atomic mass is 35.5. The third-order valence-corrected chi connectivity index (χ3v) is 3.49. The molecule has 2 aromatic rings. The molecule has 2 aromatic carbocycles. The van der Waals surface area contributed by atoms with Crippen molar-refractivity contribution in [1.29, 1.82) is 0 Å². The van der Waals surface area contributed by atoms with Gasteiger partial charge >= 0.3 is 17.6 Å². The molecule has 8 nitrogen and oxygen atoms in total. The second-order valence-electron chi connectivity index (χ2n) is 5.04. The number of halogens is 1. The summed E-state index contributed by atoms with van der Waals surface area (Å²) in [5, 5.41) is 11.3. The van der Waals surface area contributed by atoms with Crippen LogP contribution in [-0.2, 0) is 9.53 Å². The highest BCUT2D eigenvalue weighted by molar-refractivity contribution is 6.31. The smallest absolute Gasteiger partial charge is 0.352 e. The third kappa shape index (κ3) is 4.48. The maximum atomic E-state index is 12.2. The first-order valence-electron chi connectivity index (χ1n) is 7.33. The van der Waals surface area contributed by atoms with Crippen molar-refractivity contribution >= 4 is 29.2 Å². The number of hydrogen-bond donors (Lipinski definition) is 0. The van der Waals surface area contributed by atoms with Crippen LogP contribution in [0, 0.1) is 10.1 Å². The Morgan fingerprint density at radius 3 is 2.50 bits per heavy atom. The number of nitro groups is 1. The van der Waals surface area contributed by atoms with Gasteiger partial charge in [0.1, 0.15) is 11.3 Å². The molecule has 26 heavy (non-hydrogen) atoms. The number of carbonyl (C=O) groups excluding carboxylic acids is 2. The Kier molecular flexibility index (Phi) is 6.13. The molecule has 136 valence electrons. The number of ether oxygens (including phenoxy) is 3. The molecule has 1 atom stereocenters. The topological polar surface area (TPSA) is 105 Å². The van der Waals surface area contributed by atoms with E-state index in [1.807, 2.05) is 0 Å². The fourth-order valence-electron chi connectivity index (χ4n) is 2.00. The van der Waals surface area contributed by atoms with E-state index >= 15 is 0 Å². The minimum Gasteiger partial charge on any atom is -0.472 e. The molecule has 0 spiro atoms. The molecule has 0 aliphatic carbocycles. The molecule has 9 heteroatoms. The molecule has 0 aliphatic rings. The first-order chi connectivity index (χ1) is 12.3. The van der Waals surface area contributed by atoms with Crippen molar-refractivity contribution in [3.8, 4) is 11.5 Å². The summed E-state index contributed by atoms with van der Waals surface area (Å²) in [6.07, 6.45) is -1.17. The van der Waals surface area contributed by atoms with Gasteiger partial charge in [-0.15, -0.1) is 0 Å². The summed E-state index contributed by atoms with van der Waals surface area (Å²) in [6.45, 7) is 1.37. The number of nitrogens with zero attached hydrogens (tertiary/aromatic N) is 1. The van der Waals surface area contributed by atoms with Crippen LogP contribution in [0.1, 0.15) is 17.3 Å². The quantitative estimate of drug-likeness (QED) is 0.327. The Balaban J connectivity index is 2.18. The molecule has 0 aliphatic heterocycles. The number of carbonyl (C=O) groups is 2. The summed E-state index contributed by atoms with van der Waals surface area (Å²) >= 11 is 5.83. The third-order valence-electron chi connectivity index (χ3n) is 3.26. The molecule has 1 unspecified atom stereocenters. The van der Waals surface area contributed by atoms with E-state index < -0.39 is 23.0 Å². The number of esters is 2. The maximum Gasteiger partial charge on any atom is 0.352 e. The molecule has 2 rings (SSSR count). The second-order valence-corrected chi connectivity index (χ2v) is 5.47. The highest BCUT2D eigenvalue weighted by Crippen LogP contribution is 2.28. The van der Waals surface area contributed by atoms with Crippen molar-refractivity contribution in [3.63, 3.8) is 0 Å². The number of rotatable bonds is 6. The molecule has 0 aromatic heterocycles. The largest absolute Gasteiger partial charge is 0.472 e. The Bertz CT molecular complexity index is 853. The van der Waals surface area contributed by atoms with Crippen LogP contribution < -0.4 is 9.47 Å². The van der Waals surface area contributed by atoms with E-state index in [-0.39, 0.29) is 27.8 Å². The molecule has 0 saturated heterocycles. The summed E-state index contributed by atoms with van der Waals surface area (Å²) in [7, 11) is 1.18. The van der Waals surface area contributed by atoms with Gasteiger partial charge < -0.3 is 14.2 Å². The molecule has 0 fully saturated rings. The van der Waals surface area contributed by atoms with Crippen LogP contribution in [-0.4, -0.2) is 30.1 Å². The van der Waals surface area contributed by atoms with Gasteiger partial charge in [0.2, 0.25) is 0 Å². The van der Waals surface area contributed by atoms with E-state index in [0.717, 1.165) is 0 Å². The van der Waals surface area contributed by atoms with Gasteiger partial charge in [-0.25, -0.2) is 9.59 Å². The summed E-state index contributed by atoms with van der Waals surface area (Å²) in [4.78, 5) is 34.4. The van der Waals surface area contributed by atoms with Crippen LogP contribution in [0.15, 0.2) is 42.5 Å². The van der Waals surface area contributed by atoms with Crippen molar-refractivity contribution in [2.75, 3.05) is 7.11 Å². The lowest BCUT2D eigenvalue weighted by Crippen LogP contribution is -2.29. The van der Waals surface area contributed by atoms with Gasteiger partial charge in [0.05, 0.1) is 12.0 Å². The number of hydrogen-bond acceptors (Lipinski definition) is 7. The van der Waals surface area contributed by atoms with E-state index in [9.17, 15) is 19.7 Å². The normalized spacial score (nSPS) is 11.3. The number of nitro benzene ring substituents is 1. The Morgan fingerprint density at radius 1 is 1.15 bits per heavy atom. The van der Waals surface area contributed by atoms with Crippen molar-refractivity contribution in [2.45, 2.75) is 13.0 Å². The zero-order valence-electron chi connectivity index (χ0n) is 13.8. The van der Waals surface area contributed by atoms with Crippen LogP contribution in [0.25, 0.3) is 0 Å². The fourth-order valence-corrected chi connectivity index (χ4v) is 2.17. The van der Waals surface area contributed by atoms with E-state index in [1.165, 1.54) is 56.5 Å². The number of methoxy groups -OCH3 is 1. The van der Waals surface area contributed by atoms with E-state index in [4.69, 9.17) is 21.1 Å². The predicted octanol–water partition coefficient (Wildman–Crippen LogP) is 3.41. The van der Waals surface area contributed by atoms with Gasteiger partial charge in [-0.2, -0.15) is 0 Å². The Hall–Kier alpha value is -3.13. The average molecular weight is 380 g/mol. The monoisotopic (exact) mass is 379 g/mol. The van der Waals surface area contributed by atoms with Crippen molar-refractivity contribution in [2.24, 2.45) is 0 Å². The van der Waals surface area contributed by atoms with Crippen molar-refractivity contribution < 1.29 is 28.7 Å². The van der Waals surface area contributed by atoms with Crippen LogP contribution in [0.4, 0.5) is 5.69 Å². The average Bonchev–Trinajstić information content (AvgIpc) is 2.62. The molecule has 0 bridgehead atoms. The minimum absolute atomic E-state index is 0.0359. The van der Waals surface area contributed by atoms with Crippen LogP contribution in [0.2, 0.25) is 5.02 Å². The SMILES string of the molecule is COC(=O)c1cc(Cl)ccc1OC(=O)C(C)Oc1ccccc1[N+](=O)[O-]. The van der Waals surface area contributed by atoms with E-state index in [1.54, 1.807) is 0 Å². The zero-order chi connectivity index (χ0) is 19.3. The molecule has 0 radical (unpaired) electrons. The molecular weight excluding hydrogens is 366 g/mol. The first-order valence-corrected chi connectivity index (χ1v) is 7.71. The van der Waals surface area contributed by atoms with Gasteiger partial charge in [0, 0.05) is 11.1 Å². The zero-order valence-corrected chi connectivity index (χ0v) is 14.6. The fraction of sp³-hybridized carbons (Fsp3) is 0.176. The molecular formula is C17H14ClNO7. The van der Waals surface area contributed by atoms with Gasteiger partial charge in [-0.3, -0.25) is 10.1 Å². The standard InChI is InChI=1S/C17H14ClNO7/c1-10(25-15-6-4-3-5-13(15)19(22)23)16(20)26-14-8-7-11(18)9-12(14)17(21)24-2/h3-10H,1-2H3. The van der Waals surface area contributed by atoms with Gasteiger partial charge in [0.25, 0.3) is 0 Å². The Labute approximate surface area is 153 Å². The summed E-state index contributed by atoms with van der Waals surface area (Å²) < 4.78 is 15.1. The Morgan fingerprint density at radius 2 is 1.85 bits per heavy atom. The van der Waals surface area contributed by atoms with Crippen LogP contribution >= 0.6 is 11.6 Å². The van der Waals surface area contributed by atoms with E-state index in [0.29, 0.717) is 0 Å². The number of para-hydroxylation sites is 2. The predicted molar refractivity (Wildman–Crippen MR) is 91.6 cm³/mol. The minimum atomic E-state index is -1.17. The summed E-state index contributed by atoms with van der Waals surface area (Å²) in [5.74, 6) is -1.73. The molecule has 0 N–H and O–H groups in total. The molecule has 0 heterocycles. The molecule has 0 amide bonds. The van der Waals surface area contributed by atoms with Crippen molar-refractivity contribution in [3.05, 3.63) is 63.2 Å². The molecule has 0 saturated carbocycles. The summed E-state index contributed by atoms with van der Waals surface area (Å²) in [6, 6.07) is 9.70. The van der Waals surface area contributed by atoms with Crippen LogP contribution in [0.3, 0.4) is 0 Å². The number of benzene rings is 2. The van der Waals surface area contributed by atoms with E-state index in [2.05, 4.69) is 4.74 Å². The lowest BCUT2D eigenvalue weighted by atomic mass is 10.2. The van der Waals surface area contributed by atoms with Crippen molar-refractivity contribution in [1.82, 2.24) is 0 Å². The van der Waals surface area contributed by atoms with Gasteiger partial charge in [-0.1, -0.05) is 23.7 Å². The van der Waals surface area contributed by atoms with Gasteiger partial charge in [-0.05, 0) is 31.2 Å². The van der Waals surface area contributed by atoms with Crippen LogP contribution in [0.5, 0.6) is 11.5 Å². The lowest BCUT2D eigenvalue weighted by Gasteiger charge is -2.15. The lowest BCUT2D eigenvalue weighted by molar-refractivity contribution is -0.386. The maximum absolute atomic E-state index is 12.2.